The van der Waals surface area contributed by atoms with Crippen LogP contribution in [-0.2, 0) is 30.4 Å². The molecule has 0 bridgehead atoms. The minimum absolute atomic E-state index is 0.0625. The quantitative estimate of drug-likeness (QED) is 0.191. The van der Waals surface area contributed by atoms with E-state index in [1.165, 1.54) is 13.3 Å². The zero-order valence-electron chi connectivity index (χ0n) is 22.6. The number of imidazole rings is 1. The molecule has 3 amide bonds. The number of nitrogens with one attached hydrogen (secondary N) is 3. The number of ketones is 2. The molecule has 4 atom stereocenters. The highest BCUT2D eigenvalue weighted by Crippen LogP contribution is 2.20. The molecular weight excluding hydrogens is 478 g/mol. The summed E-state index contributed by atoms with van der Waals surface area (Å²) in [5.41, 5.74) is 6.11. The van der Waals surface area contributed by atoms with Gasteiger partial charge in [-0.1, -0.05) is 27.7 Å². The second kappa shape index (κ2) is 15.9. The van der Waals surface area contributed by atoms with Gasteiger partial charge in [-0.3, -0.25) is 24.0 Å². The number of amides is 3. The van der Waals surface area contributed by atoms with E-state index in [1.807, 2.05) is 27.7 Å². The van der Waals surface area contributed by atoms with Crippen LogP contribution < -0.4 is 16.4 Å². The summed E-state index contributed by atoms with van der Waals surface area (Å²) in [6, 6.07) is -0.733. The number of aromatic nitrogens is 2. The third-order valence-corrected chi connectivity index (χ3v) is 5.99. The highest BCUT2D eigenvalue weighted by molar-refractivity contribution is 5.90. The molecule has 37 heavy (non-hydrogen) atoms. The van der Waals surface area contributed by atoms with E-state index in [4.69, 9.17) is 5.73 Å². The number of hydrogen-bond donors (Lipinski definition) is 5. The summed E-state index contributed by atoms with van der Waals surface area (Å²) in [5.74, 6) is -3.05. The first kappa shape index (κ1) is 31.9. The molecule has 11 heteroatoms. The Bertz CT molecular complexity index is 899. The van der Waals surface area contributed by atoms with Gasteiger partial charge in [0.2, 0.25) is 17.7 Å². The number of rotatable bonds is 18. The third-order valence-electron chi connectivity index (χ3n) is 5.99. The second-order valence-electron chi connectivity index (χ2n) is 10.6. The van der Waals surface area contributed by atoms with Crippen molar-refractivity contribution in [1.82, 2.24) is 20.6 Å². The number of aliphatic hydroxyl groups excluding tert-OH is 1. The van der Waals surface area contributed by atoms with Crippen molar-refractivity contribution in [2.75, 3.05) is 6.54 Å². The molecule has 11 nitrogen and oxygen atoms in total. The Hall–Kier alpha value is -3.08. The van der Waals surface area contributed by atoms with E-state index < -0.39 is 35.8 Å². The summed E-state index contributed by atoms with van der Waals surface area (Å²) in [5, 5.41) is 16.2. The number of primary amides is 1. The maximum Gasteiger partial charge on any atom is 0.224 e. The van der Waals surface area contributed by atoms with Gasteiger partial charge in [-0.2, -0.15) is 0 Å². The molecule has 0 aromatic carbocycles. The molecule has 6 N–H and O–H groups in total. The number of aromatic amines is 1. The maximum atomic E-state index is 13.3. The molecule has 0 aliphatic heterocycles. The highest BCUT2D eigenvalue weighted by Gasteiger charge is 2.30. The second-order valence-corrected chi connectivity index (χ2v) is 10.6. The summed E-state index contributed by atoms with van der Waals surface area (Å²) in [6.45, 7) is 8.84. The Morgan fingerprint density at radius 3 is 2.11 bits per heavy atom. The average molecular weight is 522 g/mol. The predicted octanol–water partition coefficient (Wildman–Crippen LogP) is 1.05. The van der Waals surface area contributed by atoms with Crippen molar-refractivity contribution in [3.05, 3.63) is 18.2 Å². The normalized spacial score (nSPS) is 14.6. The van der Waals surface area contributed by atoms with E-state index in [9.17, 15) is 29.1 Å². The fourth-order valence-electron chi connectivity index (χ4n) is 4.21. The third kappa shape index (κ3) is 13.2. The molecule has 1 heterocycles. The van der Waals surface area contributed by atoms with Gasteiger partial charge in [0, 0.05) is 50.4 Å². The van der Waals surface area contributed by atoms with Gasteiger partial charge in [0.1, 0.15) is 5.78 Å². The summed E-state index contributed by atoms with van der Waals surface area (Å²) >= 11 is 0. The molecule has 0 spiro atoms. The van der Waals surface area contributed by atoms with E-state index in [0.29, 0.717) is 18.5 Å². The van der Waals surface area contributed by atoms with E-state index in [-0.39, 0.29) is 61.5 Å². The Kier molecular flexibility index (Phi) is 13.7. The van der Waals surface area contributed by atoms with Gasteiger partial charge in [0.15, 0.2) is 5.78 Å². The Morgan fingerprint density at radius 1 is 0.973 bits per heavy atom. The van der Waals surface area contributed by atoms with Gasteiger partial charge in [-0.25, -0.2) is 4.98 Å². The lowest BCUT2D eigenvalue weighted by Crippen LogP contribution is -2.48. The maximum absolute atomic E-state index is 13.3. The van der Waals surface area contributed by atoms with Crippen LogP contribution in [0, 0.1) is 23.7 Å². The molecule has 1 rings (SSSR count). The standard InChI is InChI=1S/C26H43N5O6/c1-15(2)6-18(25(27)36)9-21(33)11-24(35)23(7-16(3)4)31-26(37)19(8-20-12-28-14-30-20)10-22(34)13-29-17(5)32/h12,14-16,18-19,23-24,35H,6-11,13H2,1-5H3,(H2,27,36)(H,28,30)(H,29,32)(H,31,37)/t18-,19-,23?,24?/m0/s1. The lowest BCUT2D eigenvalue weighted by atomic mass is 9.88. The largest absolute Gasteiger partial charge is 0.391 e. The Labute approximate surface area is 218 Å². The monoisotopic (exact) mass is 521 g/mol. The summed E-state index contributed by atoms with van der Waals surface area (Å²) in [7, 11) is 0. The first-order chi connectivity index (χ1) is 17.3. The predicted molar refractivity (Wildman–Crippen MR) is 138 cm³/mol. The summed E-state index contributed by atoms with van der Waals surface area (Å²) < 4.78 is 0. The topological polar surface area (TPSA) is 184 Å². The van der Waals surface area contributed by atoms with Crippen molar-refractivity contribution >= 4 is 29.3 Å². The van der Waals surface area contributed by atoms with Crippen LogP contribution in [-0.4, -0.2) is 63.1 Å². The first-order valence-electron chi connectivity index (χ1n) is 12.8. The van der Waals surface area contributed by atoms with Crippen molar-refractivity contribution in [2.45, 2.75) is 85.3 Å². The van der Waals surface area contributed by atoms with Crippen LogP contribution in [0.2, 0.25) is 0 Å². The molecular formula is C26H43N5O6. The smallest absolute Gasteiger partial charge is 0.224 e. The average Bonchev–Trinajstić information content (AvgIpc) is 3.28. The van der Waals surface area contributed by atoms with Crippen LogP contribution in [0.1, 0.15) is 72.4 Å². The van der Waals surface area contributed by atoms with Gasteiger partial charge in [-0.15, -0.1) is 0 Å². The Balaban J connectivity index is 2.94. The number of H-pyrrole nitrogens is 1. The minimum Gasteiger partial charge on any atom is -0.391 e. The van der Waals surface area contributed by atoms with Crippen molar-refractivity contribution in [1.29, 1.82) is 0 Å². The van der Waals surface area contributed by atoms with Gasteiger partial charge >= 0.3 is 0 Å². The van der Waals surface area contributed by atoms with Gasteiger partial charge < -0.3 is 26.5 Å². The molecule has 0 aliphatic carbocycles. The number of carbonyl (C=O) groups is 5. The van der Waals surface area contributed by atoms with Crippen molar-refractivity contribution in [3.63, 3.8) is 0 Å². The molecule has 1 aromatic heterocycles. The van der Waals surface area contributed by atoms with Crippen LogP contribution in [0.25, 0.3) is 0 Å². The number of carbonyl (C=O) groups excluding carboxylic acids is 5. The van der Waals surface area contributed by atoms with Crippen LogP contribution in [0.3, 0.4) is 0 Å². The number of Topliss-reactive ketones (excluding diaryl/α,β-unsaturated/α-hetero) is 2. The number of hydrogen-bond acceptors (Lipinski definition) is 7. The van der Waals surface area contributed by atoms with Crippen LogP contribution >= 0.6 is 0 Å². The van der Waals surface area contributed by atoms with Crippen LogP contribution in [0.15, 0.2) is 12.5 Å². The molecule has 0 aliphatic rings. The van der Waals surface area contributed by atoms with Gasteiger partial charge in [0.25, 0.3) is 0 Å². The van der Waals surface area contributed by atoms with Gasteiger partial charge in [-0.05, 0) is 24.7 Å². The fourth-order valence-corrected chi connectivity index (χ4v) is 4.21. The van der Waals surface area contributed by atoms with E-state index in [0.717, 1.165) is 0 Å². The lowest BCUT2D eigenvalue weighted by Gasteiger charge is -2.28. The SMILES string of the molecule is CC(=O)NCC(=O)C[C@H](Cc1cnc[nH]1)C(=O)NC(CC(C)C)C(O)CC(=O)C[C@H](CC(C)C)C(N)=O. The van der Waals surface area contributed by atoms with Crippen molar-refractivity contribution in [2.24, 2.45) is 29.4 Å². The number of nitrogens with two attached hydrogens (primary N) is 1. The summed E-state index contributed by atoms with van der Waals surface area (Å²) in [4.78, 5) is 68.1. The first-order valence-corrected chi connectivity index (χ1v) is 12.8. The highest BCUT2D eigenvalue weighted by atomic mass is 16.3. The molecule has 1 aromatic rings. The molecule has 2 unspecified atom stereocenters. The van der Waals surface area contributed by atoms with E-state index in [2.05, 4.69) is 20.6 Å². The molecule has 0 saturated carbocycles. The zero-order valence-corrected chi connectivity index (χ0v) is 22.6. The number of nitrogens with zero attached hydrogens (tertiary/aromatic N) is 1. The van der Waals surface area contributed by atoms with Crippen molar-refractivity contribution in [3.8, 4) is 0 Å². The minimum atomic E-state index is -1.17. The van der Waals surface area contributed by atoms with Crippen LogP contribution in [0.5, 0.6) is 0 Å². The van der Waals surface area contributed by atoms with E-state index in [1.54, 1.807) is 6.20 Å². The Morgan fingerprint density at radius 2 is 1.59 bits per heavy atom. The van der Waals surface area contributed by atoms with Crippen molar-refractivity contribution < 1.29 is 29.1 Å². The molecule has 208 valence electrons. The molecule has 0 radical (unpaired) electrons. The van der Waals surface area contributed by atoms with Gasteiger partial charge in [0.05, 0.1) is 30.9 Å². The number of aliphatic hydroxyl groups is 1. The molecule has 0 saturated heterocycles. The zero-order chi connectivity index (χ0) is 28.1. The summed E-state index contributed by atoms with van der Waals surface area (Å²) in [6.07, 6.45) is 2.53. The van der Waals surface area contributed by atoms with Crippen LogP contribution in [0.4, 0.5) is 0 Å². The lowest BCUT2D eigenvalue weighted by molar-refractivity contribution is -0.132. The van der Waals surface area contributed by atoms with E-state index >= 15 is 0 Å². The fraction of sp³-hybridized carbons (Fsp3) is 0.692. The molecule has 0 fully saturated rings.